The van der Waals surface area contributed by atoms with Crippen molar-refractivity contribution in [3.05, 3.63) is 65.7 Å². The second-order valence-corrected chi connectivity index (χ2v) is 8.82. The summed E-state index contributed by atoms with van der Waals surface area (Å²) in [6.45, 7) is 3.70. The molecule has 1 aliphatic rings. The SMILES string of the molecule is CC(=O)O[C@@H](c1ccccc1)[C@@H]1CCCCN1S(=O)(=O)c1ccc(C)cc1. The highest BCUT2D eigenvalue weighted by atomic mass is 32.2. The van der Waals surface area contributed by atoms with Crippen LogP contribution in [-0.2, 0) is 19.6 Å². The normalized spacial score (nSPS) is 19.4. The van der Waals surface area contributed by atoms with Crippen LogP contribution in [0.2, 0.25) is 0 Å². The predicted molar refractivity (Wildman–Crippen MR) is 104 cm³/mol. The molecule has 0 N–H and O–H groups in total. The van der Waals surface area contributed by atoms with E-state index < -0.39 is 28.1 Å². The molecule has 3 rings (SSSR count). The quantitative estimate of drug-likeness (QED) is 0.731. The lowest BCUT2D eigenvalue weighted by molar-refractivity contribution is -0.150. The van der Waals surface area contributed by atoms with Gasteiger partial charge in [0.1, 0.15) is 6.10 Å². The highest BCUT2D eigenvalue weighted by Crippen LogP contribution is 2.35. The van der Waals surface area contributed by atoms with E-state index in [1.165, 1.54) is 11.2 Å². The highest BCUT2D eigenvalue weighted by Gasteiger charge is 2.40. The highest BCUT2D eigenvalue weighted by molar-refractivity contribution is 7.89. The maximum atomic E-state index is 13.3. The molecule has 27 heavy (non-hydrogen) atoms. The number of piperidine rings is 1. The van der Waals surface area contributed by atoms with E-state index in [0.717, 1.165) is 24.0 Å². The third-order valence-electron chi connectivity index (χ3n) is 4.90. The van der Waals surface area contributed by atoms with E-state index in [1.54, 1.807) is 24.3 Å². The molecule has 144 valence electrons. The van der Waals surface area contributed by atoms with Crippen LogP contribution in [0.4, 0.5) is 0 Å². The van der Waals surface area contributed by atoms with Gasteiger partial charge in [0.05, 0.1) is 10.9 Å². The van der Waals surface area contributed by atoms with Crippen LogP contribution in [0.1, 0.15) is 43.4 Å². The summed E-state index contributed by atoms with van der Waals surface area (Å²) in [4.78, 5) is 12.0. The second kappa shape index (κ2) is 8.23. The topological polar surface area (TPSA) is 63.7 Å². The van der Waals surface area contributed by atoms with Gasteiger partial charge in [-0.1, -0.05) is 54.4 Å². The standard InChI is InChI=1S/C21H25NO4S/c1-16-11-13-19(14-12-16)27(24,25)22-15-7-6-10-20(22)21(26-17(2)23)18-8-4-3-5-9-18/h3-5,8-9,11-14,20-21H,6-7,10,15H2,1-2H3/t20-,21-/m0/s1. The van der Waals surface area contributed by atoms with Gasteiger partial charge in [0.2, 0.25) is 10.0 Å². The Morgan fingerprint density at radius 1 is 1.07 bits per heavy atom. The van der Waals surface area contributed by atoms with Crippen LogP contribution in [0.25, 0.3) is 0 Å². The van der Waals surface area contributed by atoms with Crippen LogP contribution in [-0.4, -0.2) is 31.3 Å². The molecule has 1 fully saturated rings. The molecule has 0 saturated carbocycles. The molecular formula is C21H25NO4S. The van der Waals surface area contributed by atoms with Gasteiger partial charge >= 0.3 is 5.97 Å². The fourth-order valence-electron chi connectivity index (χ4n) is 3.57. The van der Waals surface area contributed by atoms with Crippen molar-refractivity contribution in [1.29, 1.82) is 0 Å². The number of nitrogens with zero attached hydrogens (tertiary/aromatic N) is 1. The third-order valence-corrected chi connectivity index (χ3v) is 6.84. The molecule has 2 aromatic rings. The van der Waals surface area contributed by atoms with Gasteiger partial charge < -0.3 is 4.74 Å². The number of carbonyl (C=O) groups excluding carboxylic acids is 1. The summed E-state index contributed by atoms with van der Waals surface area (Å²) in [5, 5.41) is 0. The summed E-state index contributed by atoms with van der Waals surface area (Å²) in [5.41, 5.74) is 1.81. The number of rotatable bonds is 5. The van der Waals surface area contributed by atoms with E-state index in [1.807, 2.05) is 37.3 Å². The molecule has 6 heteroatoms. The molecular weight excluding hydrogens is 362 g/mol. The van der Waals surface area contributed by atoms with Crippen molar-refractivity contribution in [2.24, 2.45) is 0 Å². The number of esters is 1. The summed E-state index contributed by atoms with van der Waals surface area (Å²) < 4.78 is 33.8. The minimum atomic E-state index is -3.67. The number of carbonyl (C=O) groups is 1. The zero-order valence-electron chi connectivity index (χ0n) is 15.7. The van der Waals surface area contributed by atoms with Crippen molar-refractivity contribution in [2.45, 2.75) is 50.2 Å². The third kappa shape index (κ3) is 4.39. The summed E-state index contributed by atoms with van der Waals surface area (Å²) in [7, 11) is -3.67. The van der Waals surface area contributed by atoms with Crippen LogP contribution < -0.4 is 0 Å². The van der Waals surface area contributed by atoms with E-state index in [0.29, 0.717) is 13.0 Å². The van der Waals surface area contributed by atoms with Gasteiger partial charge in [-0.05, 0) is 37.5 Å². The van der Waals surface area contributed by atoms with E-state index in [4.69, 9.17) is 4.74 Å². The Bertz CT molecular complexity index is 878. The first kappa shape index (κ1) is 19.6. The average molecular weight is 388 g/mol. The Balaban J connectivity index is 2.00. The maximum absolute atomic E-state index is 13.3. The first-order chi connectivity index (χ1) is 12.9. The van der Waals surface area contributed by atoms with Crippen LogP contribution in [0.3, 0.4) is 0 Å². The second-order valence-electron chi connectivity index (χ2n) is 6.93. The van der Waals surface area contributed by atoms with Crippen LogP contribution in [0.15, 0.2) is 59.5 Å². The van der Waals surface area contributed by atoms with E-state index in [-0.39, 0.29) is 4.90 Å². The lowest BCUT2D eigenvalue weighted by atomic mass is 9.94. The first-order valence-electron chi connectivity index (χ1n) is 9.20. The number of aryl methyl sites for hydroxylation is 1. The molecule has 2 atom stereocenters. The summed E-state index contributed by atoms with van der Waals surface area (Å²) in [6, 6.07) is 15.8. The minimum absolute atomic E-state index is 0.273. The van der Waals surface area contributed by atoms with Gasteiger partial charge in [-0.25, -0.2) is 8.42 Å². The molecule has 5 nitrogen and oxygen atoms in total. The molecule has 0 unspecified atom stereocenters. The molecule has 1 heterocycles. The zero-order chi connectivity index (χ0) is 19.4. The van der Waals surface area contributed by atoms with Gasteiger partial charge in [0.25, 0.3) is 0 Å². The lowest BCUT2D eigenvalue weighted by Gasteiger charge is -2.39. The van der Waals surface area contributed by atoms with Gasteiger partial charge in [0.15, 0.2) is 0 Å². The number of ether oxygens (including phenoxy) is 1. The largest absolute Gasteiger partial charge is 0.456 e. The summed E-state index contributed by atoms with van der Waals surface area (Å²) >= 11 is 0. The van der Waals surface area contributed by atoms with Crippen molar-refractivity contribution >= 4 is 16.0 Å². The lowest BCUT2D eigenvalue weighted by Crippen LogP contribution is -2.47. The van der Waals surface area contributed by atoms with E-state index in [2.05, 4.69) is 0 Å². The average Bonchev–Trinajstić information content (AvgIpc) is 2.67. The van der Waals surface area contributed by atoms with E-state index >= 15 is 0 Å². The van der Waals surface area contributed by atoms with Crippen molar-refractivity contribution < 1.29 is 17.9 Å². The molecule has 1 saturated heterocycles. The molecule has 0 aliphatic carbocycles. The molecule has 0 amide bonds. The Morgan fingerprint density at radius 3 is 2.37 bits per heavy atom. The van der Waals surface area contributed by atoms with E-state index in [9.17, 15) is 13.2 Å². The summed E-state index contributed by atoms with van der Waals surface area (Å²) in [6.07, 6.45) is 1.72. The number of benzene rings is 2. The van der Waals surface area contributed by atoms with Crippen LogP contribution in [0, 0.1) is 6.92 Å². The predicted octanol–water partition coefficient (Wildman–Crippen LogP) is 3.84. The molecule has 0 aromatic heterocycles. The van der Waals surface area contributed by atoms with Crippen molar-refractivity contribution in [3.8, 4) is 0 Å². The smallest absolute Gasteiger partial charge is 0.303 e. The van der Waals surface area contributed by atoms with Gasteiger partial charge in [-0.3, -0.25) is 4.79 Å². The minimum Gasteiger partial charge on any atom is -0.456 e. The van der Waals surface area contributed by atoms with Gasteiger partial charge in [-0.15, -0.1) is 0 Å². The van der Waals surface area contributed by atoms with Crippen molar-refractivity contribution in [1.82, 2.24) is 4.31 Å². The fourth-order valence-corrected chi connectivity index (χ4v) is 5.26. The molecule has 0 bridgehead atoms. The number of hydrogen-bond acceptors (Lipinski definition) is 4. The molecule has 0 radical (unpaired) electrons. The van der Waals surface area contributed by atoms with Gasteiger partial charge in [0, 0.05) is 13.5 Å². The van der Waals surface area contributed by atoms with Crippen LogP contribution in [0.5, 0.6) is 0 Å². The van der Waals surface area contributed by atoms with Crippen molar-refractivity contribution in [3.63, 3.8) is 0 Å². The van der Waals surface area contributed by atoms with Crippen LogP contribution >= 0.6 is 0 Å². The zero-order valence-corrected chi connectivity index (χ0v) is 16.5. The van der Waals surface area contributed by atoms with Crippen molar-refractivity contribution in [2.75, 3.05) is 6.54 Å². The molecule has 1 aliphatic heterocycles. The Kier molecular flexibility index (Phi) is 5.97. The Labute approximate surface area is 161 Å². The summed E-state index contributed by atoms with van der Waals surface area (Å²) in [5.74, 6) is -0.415. The number of hydrogen-bond donors (Lipinski definition) is 0. The first-order valence-corrected chi connectivity index (χ1v) is 10.6. The number of sulfonamides is 1. The Morgan fingerprint density at radius 2 is 1.74 bits per heavy atom. The maximum Gasteiger partial charge on any atom is 0.303 e. The molecule has 2 aromatic carbocycles. The Hall–Kier alpha value is -2.18. The van der Waals surface area contributed by atoms with Gasteiger partial charge in [-0.2, -0.15) is 4.31 Å². The molecule has 0 spiro atoms. The monoisotopic (exact) mass is 387 g/mol. The fraction of sp³-hybridized carbons (Fsp3) is 0.381.